The molecule has 0 spiro atoms. The number of benzene rings is 1. The molecule has 108 valence electrons. The molecular formula is C17H30N2. The maximum atomic E-state index is 5.76. The second-order valence-electron chi connectivity index (χ2n) is 5.58. The molecule has 0 amide bonds. The van der Waals surface area contributed by atoms with Gasteiger partial charge >= 0.3 is 0 Å². The average Bonchev–Trinajstić information content (AvgIpc) is 2.40. The third-order valence-electron chi connectivity index (χ3n) is 3.94. The number of hydrogen-bond acceptors (Lipinski definition) is 2. The summed E-state index contributed by atoms with van der Waals surface area (Å²) in [5.74, 6) is 5.76. The zero-order valence-corrected chi connectivity index (χ0v) is 12.8. The number of rotatable bonds is 9. The molecule has 1 aromatic carbocycles. The van der Waals surface area contributed by atoms with Gasteiger partial charge in [-0.15, -0.1) is 0 Å². The van der Waals surface area contributed by atoms with E-state index in [1.165, 1.54) is 55.2 Å². The first-order valence-corrected chi connectivity index (χ1v) is 7.73. The molecule has 1 aromatic rings. The standard InChI is InChI=1S/C17H30N2/c1-4-5-6-7-8-9-13-16(19-18)17-14(2)11-10-12-15(17)3/h10-12,16,19H,4-9,13,18H2,1-3H3. The van der Waals surface area contributed by atoms with Gasteiger partial charge in [0.15, 0.2) is 0 Å². The summed E-state index contributed by atoms with van der Waals surface area (Å²) in [5, 5.41) is 0. The van der Waals surface area contributed by atoms with E-state index in [1.54, 1.807) is 0 Å². The summed E-state index contributed by atoms with van der Waals surface area (Å²) >= 11 is 0. The summed E-state index contributed by atoms with van der Waals surface area (Å²) in [6.45, 7) is 6.61. The molecule has 0 heterocycles. The largest absolute Gasteiger partial charge is 0.271 e. The minimum atomic E-state index is 0.298. The van der Waals surface area contributed by atoms with E-state index in [2.05, 4.69) is 44.4 Å². The Morgan fingerprint density at radius 2 is 1.58 bits per heavy atom. The highest BCUT2D eigenvalue weighted by molar-refractivity contribution is 5.36. The molecule has 19 heavy (non-hydrogen) atoms. The maximum absolute atomic E-state index is 5.76. The van der Waals surface area contributed by atoms with Crippen LogP contribution in [0.5, 0.6) is 0 Å². The number of nitrogens with one attached hydrogen (secondary N) is 1. The van der Waals surface area contributed by atoms with Crippen molar-refractivity contribution >= 4 is 0 Å². The van der Waals surface area contributed by atoms with Gasteiger partial charge in [-0.2, -0.15) is 0 Å². The molecule has 0 bridgehead atoms. The van der Waals surface area contributed by atoms with Crippen molar-refractivity contribution in [2.45, 2.75) is 71.8 Å². The van der Waals surface area contributed by atoms with Gasteiger partial charge in [-0.1, -0.05) is 63.6 Å². The SMILES string of the molecule is CCCCCCCCC(NN)c1c(C)cccc1C. The van der Waals surface area contributed by atoms with Crippen LogP contribution < -0.4 is 11.3 Å². The fourth-order valence-corrected chi connectivity index (χ4v) is 2.82. The van der Waals surface area contributed by atoms with Crippen LogP contribution in [0.3, 0.4) is 0 Å². The van der Waals surface area contributed by atoms with E-state index in [4.69, 9.17) is 5.84 Å². The Bertz CT molecular complexity index is 340. The molecular weight excluding hydrogens is 232 g/mol. The third kappa shape index (κ3) is 5.33. The smallest absolute Gasteiger partial charge is 0.0465 e. The van der Waals surface area contributed by atoms with E-state index in [-0.39, 0.29) is 0 Å². The minimum absolute atomic E-state index is 0.298. The molecule has 1 unspecified atom stereocenters. The summed E-state index contributed by atoms with van der Waals surface area (Å²) < 4.78 is 0. The molecule has 0 aliphatic rings. The first-order valence-electron chi connectivity index (χ1n) is 7.73. The van der Waals surface area contributed by atoms with E-state index in [9.17, 15) is 0 Å². The minimum Gasteiger partial charge on any atom is -0.271 e. The van der Waals surface area contributed by atoms with Crippen molar-refractivity contribution in [1.82, 2.24) is 5.43 Å². The van der Waals surface area contributed by atoms with Gasteiger partial charge in [-0.05, 0) is 37.0 Å². The van der Waals surface area contributed by atoms with Crippen LogP contribution in [-0.2, 0) is 0 Å². The van der Waals surface area contributed by atoms with Crippen LogP contribution in [0.15, 0.2) is 18.2 Å². The van der Waals surface area contributed by atoms with E-state index in [1.807, 2.05) is 0 Å². The number of unbranched alkanes of at least 4 members (excludes halogenated alkanes) is 5. The lowest BCUT2D eigenvalue weighted by Crippen LogP contribution is -2.29. The molecule has 3 N–H and O–H groups in total. The lowest BCUT2D eigenvalue weighted by Gasteiger charge is -2.20. The van der Waals surface area contributed by atoms with Crippen molar-refractivity contribution in [2.75, 3.05) is 0 Å². The van der Waals surface area contributed by atoms with Crippen LogP contribution in [0.4, 0.5) is 0 Å². The topological polar surface area (TPSA) is 38.0 Å². The highest BCUT2D eigenvalue weighted by Crippen LogP contribution is 2.25. The second-order valence-corrected chi connectivity index (χ2v) is 5.58. The Hall–Kier alpha value is -0.860. The number of hydrogen-bond donors (Lipinski definition) is 2. The monoisotopic (exact) mass is 262 g/mol. The maximum Gasteiger partial charge on any atom is 0.0465 e. The molecule has 1 rings (SSSR count). The van der Waals surface area contributed by atoms with Crippen molar-refractivity contribution < 1.29 is 0 Å². The summed E-state index contributed by atoms with van der Waals surface area (Å²) in [5.41, 5.74) is 7.07. The quantitative estimate of drug-likeness (QED) is 0.389. The van der Waals surface area contributed by atoms with Crippen molar-refractivity contribution in [3.8, 4) is 0 Å². The van der Waals surface area contributed by atoms with Crippen LogP contribution in [0.2, 0.25) is 0 Å². The Balaban J connectivity index is 2.45. The molecule has 0 aliphatic heterocycles. The Morgan fingerprint density at radius 1 is 1.00 bits per heavy atom. The molecule has 1 atom stereocenters. The summed E-state index contributed by atoms with van der Waals surface area (Å²) in [7, 11) is 0. The highest BCUT2D eigenvalue weighted by atomic mass is 15.2. The summed E-state index contributed by atoms with van der Waals surface area (Å²) in [4.78, 5) is 0. The van der Waals surface area contributed by atoms with E-state index in [0.29, 0.717) is 6.04 Å². The van der Waals surface area contributed by atoms with E-state index < -0.39 is 0 Å². The van der Waals surface area contributed by atoms with Crippen molar-refractivity contribution in [3.63, 3.8) is 0 Å². The molecule has 0 aliphatic carbocycles. The molecule has 0 saturated heterocycles. The second kappa shape index (κ2) is 9.11. The van der Waals surface area contributed by atoms with Gasteiger partial charge in [0, 0.05) is 6.04 Å². The first-order chi connectivity index (χ1) is 9.20. The van der Waals surface area contributed by atoms with Crippen LogP contribution in [0.25, 0.3) is 0 Å². The normalized spacial score (nSPS) is 12.6. The van der Waals surface area contributed by atoms with Gasteiger partial charge in [-0.25, -0.2) is 0 Å². The number of nitrogens with two attached hydrogens (primary N) is 1. The Morgan fingerprint density at radius 3 is 2.16 bits per heavy atom. The predicted molar refractivity (Wildman–Crippen MR) is 84.0 cm³/mol. The molecule has 0 fully saturated rings. The van der Waals surface area contributed by atoms with Crippen LogP contribution in [0.1, 0.15) is 74.6 Å². The summed E-state index contributed by atoms with van der Waals surface area (Å²) in [6, 6.07) is 6.77. The Labute approximate surface area is 118 Å². The van der Waals surface area contributed by atoms with Crippen LogP contribution >= 0.6 is 0 Å². The number of aryl methyl sites for hydroxylation is 2. The van der Waals surface area contributed by atoms with Crippen molar-refractivity contribution in [1.29, 1.82) is 0 Å². The zero-order chi connectivity index (χ0) is 14.1. The van der Waals surface area contributed by atoms with E-state index in [0.717, 1.165) is 6.42 Å². The lowest BCUT2D eigenvalue weighted by atomic mass is 9.93. The van der Waals surface area contributed by atoms with Crippen LogP contribution in [-0.4, -0.2) is 0 Å². The van der Waals surface area contributed by atoms with Gasteiger partial charge < -0.3 is 0 Å². The fourth-order valence-electron chi connectivity index (χ4n) is 2.82. The third-order valence-corrected chi connectivity index (χ3v) is 3.94. The van der Waals surface area contributed by atoms with Crippen molar-refractivity contribution in [3.05, 3.63) is 34.9 Å². The molecule has 0 saturated carbocycles. The van der Waals surface area contributed by atoms with E-state index >= 15 is 0 Å². The molecule has 2 nitrogen and oxygen atoms in total. The van der Waals surface area contributed by atoms with Crippen molar-refractivity contribution in [2.24, 2.45) is 5.84 Å². The van der Waals surface area contributed by atoms with Gasteiger partial charge in [0.2, 0.25) is 0 Å². The molecule has 0 radical (unpaired) electrons. The predicted octanol–water partition coefficient (Wildman–Crippen LogP) is 4.56. The van der Waals surface area contributed by atoms with Gasteiger partial charge in [-0.3, -0.25) is 11.3 Å². The molecule has 2 heteroatoms. The van der Waals surface area contributed by atoms with Gasteiger partial charge in [0.1, 0.15) is 0 Å². The summed E-state index contributed by atoms with van der Waals surface area (Å²) in [6.07, 6.45) is 9.13. The van der Waals surface area contributed by atoms with Gasteiger partial charge in [0.05, 0.1) is 0 Å². The average molecular weight is 262 g/mol. The highest BCUT2D eigenvalue weighted by Gasteiger charge is 2.13. The first kappa shape index (κ1) is 16.2. The lowest BCUT2D eigenvalue weighted by molar-refractivity contribution is 0.474. The Kier molecular flexibility index (Phi) is 7.76. The van der Waals surface area contributed by atoms with Gasteiger partial charge in [0.25, 0.3) is 0 Å². The number of hydrazine groups is 1. The molecule has 0 aromatic heterocycles. The fraction of sp³-hybridized carbons (Fsp3) is 0.647. The van der Waals surface area contributed by atoms with Crippen LogP contribution in [0, 0.1) is 13.8 Å². The zero-order valence-electron chi connectivity index (χ0n) is 12.8.